The zero-order chi connectivity index (χ0) is 21.6. The largest absolute Gasteiger partial charge is 0.384 e. The molecule has 3 N–H and O–H groups in total. The molecule has 9 heteroatoms. The third-order valence-electron chi connectivity index (χ3n) is 4.97. The van der Waals surface area contributed by atoms with Crippen molar-refractivity contribution in [1.29, 1.82) is 0 Å². The molecule has 2 heterocycles. The average molecular weight is 468 g/mol. The Morgan fingerprint density at radius 1 is 1.23 bits per heavy atom. The van der Waals surface area contributed by atoms with E-state index in [0.717, 1.165) is 41.2 Å². The van der Waals surface area contributed by atoms with Gasteiger partial charge in [0.05, 0.1) is 5.69 Å². The lowest BCUT2D eigenvalue weighted by atomic mass is 10.1. The first-order chi connectivity index (χ1) is 15.1. The van der Waals surface area contributed by atoms with Gasteiger partial charge in [-0.05, 0) is 48.2 Å². The van der Waals surface area contributed by atoms with Crippen LogP contribution in [0.25, 0.3) is 11.3 Å². The van der Waals surface area contributed by atoms with Gasteiger partial charge in [-0.2, -0.15) is 11.8 Å². The summed E-state index contributed by atoms with van der Waals surface area (Å²) in [7, 11) is -1.82. The van der Waals surface area contributed by atoms with E-state index < -0.39 is 8.96 Å². The molecule has 1 radical (unpaired) electrons. The highest BCUT2D eigenvalue weighted by molar-refractivity contribution is 7.98. The van der Waals surface area contributed by atoms with Gasteiger partial charge in [-0.1, -0.05) is 30.3 Å². The first-order valence-corrected chi connectivity index (χ1v) is 14.0. The number of carbonyl (C=O) groups is 2. The minimum absolute atomic E-state index is 0.149. The van der Waals surface area contributed by atoms with Crippen molar-refractivity contribution in [2.45, 2.75) is 12.5 Å². The molecule has 0 bridgehead atoms. The molecule has 0 fully saturated rings. The van der Waals surface area contributed by atoms with Crippen LogP contribution in [0.15, 0.2) is 53.9 Å². The average Bonchev–Trinajstić information content (AvgIpc) is 3.46. The fraction of sp³-hybridized carbons (Fsp3) is 0.227. The number of anilines is 2. The van der Waals surface area contributed by atoms with Crippen LogP contribution >= 0.6 is 23.1 Å². The van der Waals surface area contributed by atoms with Gasteiger partial charge in [0.15, 0.2) is 5.13 Å². The van der Waals surface area contributed by atoms with E-state index in [0.29, 0.717) is 16.7 Å². The molecule has 1 aliphatic rings. The molecular weight excluding hydrogens is 444 g/mol. The smallest absolute Gasteiger partial charge is 0.282 e. The lowest BCUT2D eigenvalue weighted by molar-refractivity contribution is 0.0979. The van der Waals surface area contributed by atoms with Crippen LogP contribution < -0.4 is 15.6 Å². The van der Waals surface area contributed by atoms with Crippen LogP contribution in [-0.2, 0) is 6.42 Å². The first-order valence-electron chi connectivity index (χ1n) is 9.99. The van der Waals surface area contributed by atoms with Crippen molar-refractivity contribution in [2.75, 3.05) is 29.2 Å². The number of hydrogen-bond acceptors (Lipinski definition) is 6. The minimum atomic E-state index is -1.82. The Labute approximate surface area is 191 Å². The number of nitrogens with one attached hydrogen (secondary N) is 3. The third kappa shape index (κ3) is 5.36. The molecule has 2 amide bonds. The number of amides is 2. The van der Waals surface area contributed by atoms with Crippen molar-refractivity contribution in [3.05, 3.63) is 65.0 Å². The molecule has 3 aromatic rings. The van der Waals surface area contributed by atoms with E-state index in [4.69, 9.17) is 0 Å². The van der Waals surface area contributed by atoms with E-state index in [-0.39, 0.29) is 11.4 Å². The normalized spacial score (nSPS) is 12.3. The second-order valence-corrected chi connectivity index (χ2v) is 11.1. The highest BCUT2D eigenvalue weighted by Gasteiger charge is 2.26. The molecule has 31 heavy (non-hydrogen) atoms. The van der Waals surface area contributed by atoms with E-state index in [1.54, 1.807) is 11.8 Å². The molecule has 0 atom stereocenters. The van der Waals surface area contributed by atoms with Gasteiger partial charge in [0, 0.05) is 28.7 Å². The van der Waals surface area contributed by atoms with E-state index in [2.05, 4.69) is 20.6 Å². The third-order valence-corrected chi connectivity index (χ3v) is 8.65. The Bertz CT molecular complexity index is 1070. The number of thiazole rings is 1. The molecule has 1 aliphatic heterocycles. The number of carbonyl (C=O) groups excluding carboxylic acids is 2. The Kier molecular flexibility index (Phi) is 7.05. The lowest BCUT2D eigenvalue weighted by Crippen LogP contribution is -2.47. The van der Waals surface area contributed by atoms with Crippen LogP contribution in [-0.4, -0.2) is 43.9 Å². The summed E-state index contributed by atoms with van der Waals surface area (Å²) < 4.78 is 0. The Hall–Kier alpha value is -2.62. The van der Waals surface area contributed by atoms with Crippen LogP contribution in [0.4, 0.5) is 15.6 Å². The number of hydrogen-bond donors (Lipinski definition) is 3. The number of rotatable bonds is 8. The zero-order valence-electron chi connectivity index (χ0n) is 17.1. The summed E-state index contributed by atoms with van der Waals surface area (Å²) in [5.41, 5.74) is 4.51. The molecular formula is C22H23N4O2S2Si. The Balaban J connectivity index is 1.44. The molecule has 4 rings (SSSR count). The maximum Gasteiger partial charge on any atom is 0.282 e. The van der Waals surface area contributed by atoms with Crippen molar-refractivity contribution >= 4 is 54.3 Å². The molecule has 0 saturated carbocycles. The van der Waals surface area contributed by atoms with Crippen molar-refractivity contribution in [1.82, 2.24) is 9.97 Å². The molecule has 0 aliphatic carbocycles. The maximum atomic E-state index is 13.0. The fourth-order valence-electron chi connectivity index (χ4n) is 3.34. The van der Waals surface area contributed by atoms with E-state index in [1.165, 1.54) is 11.3 Å². The van der Waals surface area contributed by atoms with Crippen LogP contribution in [0.3, 0.4) is 0 Å². The van der Waals surface area contributed by atoms with Gasteiger partial charge in [-0.3, -0.25) is 9.59 Å². The van der Waals surface area contributed by atoms with Gasteiger partial charge >= 0.3 is 0 Å². The lowest BCUT2D eigenvalue weighted by Gasteiger charge is -2.15. The molecule has 159 valence electrons. The topological polar surface area (TPSA) is 83.1 Å². The summed E-state index contributed by atoms with van der Waals surface area (Å²) in [6.45, 7) is 0.893. The van der Waals surface area contributed by atoms with Crippen molar-refractivity contribution in [2.24, 2.45) is 0 Å². The summed E-state index contributed by atoms with van der Waals surface area (Å²) in [4.78, 5) is 33.4. The standard InChI is InChI=1S/C22H23N4O2S2Si/c1-29-11-12-31(26-20(27)17-7-8-18-16(13-17)9-10-23-18)22(28)25-21-24-19(14-30-21)15-5-3-2-4-6-15/h2-8,13-14,23H,9-12H2,1H3,(H,26,27)(H,24,25,28). The summed E-state index contributed by atoms with van der Waals surface area (Å²) in [6.07, 6.45) is 2.91. The fourth-order valence-corrected chi connectivity index (χ4v) is 6.93. The molecule has 0 saturated heterocycles. The number of aromatic nitrogens is 1. The van der Waals surface area contributed by atoms with E-state index >= 15 is 0 Å². The monoisotopic (exact) mass is 467 g/mol. The second kappa shape index (κ2) is 10.1. The van der Waals surface area contributed by atoms with Crippen LogP contribution in [0.1, 0.15) is 15.9 Å². The van der Waals surface area contributed by atoms with Gasteiger partial charge in [-0.15, -0.1) is 11.3 Å². The summed E-state index contributed by atoms with van der Waals surface area (Å²) in [6, 6.07) is 16.2. The Morgan fingerprint density at radius 3 is 2.87 bits per heavy atom. The second-order valence-electron chi connectivity index (χ2n) is 7.08. The first kappa shape index (κ1) is 21.6. The van der Waals surface area contributed by atoms with Crippen molar-refractivity contribution in [3.63, 3.8) is 0 Å². The predicted octanol–water partition coefficient (Wildman–Crippen LogP) is 4.68. The quantitative estimate of drug-likeness (QED) is 0.419. The van der Waals surface area contributed by atoms with Gasteiger partial charge < -0.3 is 15.6 Å². The van der Waals surface area contributed by atoms with Crippen LogP contribution in [0.2, 0.25) is 6.04 Å². The SMILES string of the molecule is CSCC[Si](NC(=O)c1ccc2c(c1)CCN2)C(=O)Nc1nc(-c2ccccc2)cs1. The highest BCUT2D eigenvalue weighted by atomic mass is 32.2. The molecule has 6 nitrogen and oxygen atoms in total. The molecule has 0 unspecified atom stereocenters. The number of nitrogens with zero attached hydrogens (tertiary/aromatic N) is 1. The van der Waals surface area contributed by atoms with Crippen molar-refractivity contribution in [3.8, 4) is 11.3 Å². The summed E-state index contributed by atoms with van der Waals surface area (Å²) in [5, 5.41) is 8.69. The van der Waals surface area contributed by atoms with Crippen molar-refractivity contribution < 1.29 is 9.59 Å². The molecule has 2 aromatic carbocycles. The van der Waals surface area contributed by atoms with Gasteiger partial charge in [0.25, 0.3) is 8.96 Å². The highest BCUT2D eigenvalue weighted by Crippen LogP contribution is 2.25. The number of thioether (sulfide) groups is 1. The minimum Gasteiger partial charge on any atom is -0.384 e. The predicted molar refractivity (Wildman–Crippen MR) is 132 cm³/mol. The van der Waals surface area contributed by atoms with Crippen LogP contribution in [0, 0.1) is 0 Å². The number of fused-ring (bicyclic) bond motifs is 1. The van der Waals surface area contributed by atoms with Crippen LogP contribution in [0.5, 0.6) is 0 Å². The number of benzene rings is 2. The summed E-state index contributed by atoms with van der Waals surface area (Å²) in [5.74, 6) is 0.618. The van der Waals surface area contributed by atoms with Gasteiger partial charge in [0.2, 0.25) is 11.4 Å². The zero-order valence-corrected chi connectivity index (χ0v) is 19.7. The molecule has 0 spiro atoms. The van der Waals surface area contributed by atoms with Gasteiger partial charge in [-0.25, -0.2) is 4.98 Å². The maximum absolute atomic E-state index is 13.0. The molecule has 1 aromatic heterocycles. The van der Waals surface area contributed by atoms with E-state index in [9.17, 15) is 9.59 Å². The Morgan fingerprint density at radius 2 is 2.06 bits per heavy atom. The summed E-state index contributed by atoms with van der Waals surface area (Å²) >= 11 is 3.06. The van der Waals surface area contributed by atoms with Gasteiger partial charge in [0.1, 0.15) is 0 Å². The van der Waals surface area contributed by atoms with E-state index in [1.807, 2.05) is 60.2 Å².